The standard InChI is InChI=1S/C18H30N2O/c1-3-4-5-6-7-8-9-12-17(2)15-20(21)16-18-13-10-11-14-19-18/h10-11,13-15,17H,3-9,12,16H2,1-2H3. The van der Waals surface area contributed by atoms with E-state index < -0.39 is 0 Å². The average molecular weight is 290 g/mol. The Hall–Kier alpha value is -1.38. The first-order valence-corrected chi connectivity index (χ1v) is 8.41. The number of rotatable bonds is 11. The van der Waals surface area contributed by atoms with Gasteiger partial charge >= 0.3 is 0 Å². The van der Waals surface area contributed by atoms with E-state index in [1.54, 1.807) is 12.4 Å². The molecule has 1 rings (SSSR count). The summed E-state index contributed by atoms with van der Waals surface area (Å²) in [5.74, 6) is 0.349. The van der Waals surface area contributed by atoms with Gasteiger partial charge in [-0.2, -0.15) is 0 Å². The third-order valence-corrected chi connectivity index (χ3v) is 3.73. The molecule has 0 saturated heterocycles. The molecule has 3 nitrogen and oxygen atoms in total. The highest BCUT2D eigenvalue weighted by Crippen LogP contribution is 2.11. The first kappa shape index (κ1) is 17.7. The first-order valence-electron chi connectivity index (χ1n) is 8.41. The quantitative estimate of drug-likeness (QED) is 0.190. The van der Waals surface area contributed by atoms with Crippen molar-refractivity contribution >= 4 is 6.21 Å². The Labute approximate surface area is 129 Å². The molecule has 3 heteroatoms. The van der Waals surface area contributed by atoms with Crippen LogP contribution in [0.1, 0.15) is 70.9 Å². The summed E-state index contributed by atoms with van der Waals surface area (Å²) in [5.41, 5.74) is 0.826. The van der Waals surface area contributed by atoms with E-state index in [2.05, 4.69) is 18.8 Å². The molecule has 0 spiro atoms. The third kappa shape index (κ3) is 9.22. The number of nitrogens with zero attached hydrogens (tertiary/aromatic N) is 2. The van der Waals surface area contributed by atoms with Gasteiger partial charge in [-0.05, 0) is 18.6 Å². The Morgan fingerprint density at radius 2 is 1.86 bits per heavy atom. The van der Waals surface area contributed by atoms with Crippen molar-refractivity contribution in [3.05, 3.63) is 35.3 Å². The number of aromatic nitrogens is 1. The molecule has 0 N–H and O–H groups in total. The Bertz CT molecular complexity index is 389. The summed E-state index contributed by atoms with van der Waals surface area (Å²) in [4.78, 5) is 4.18. The second-order valence-electron chi connectivity index (χ2n) is 5.93. The van der Waals surface area contributed by atoms with E-state index in [0.29, 0.717) is 12.5 Å². The summed E-state index contributed by atoms with van der Waals surface area (Å²) >= 11 is 0. The molecule has 0 aliphatic carbocycles. The highest BCUT2D eigenvalue weighted by molar-refractivity contribution is 5.54. The van der Waals surface area contributed by atoms with E-state index in [0.717, 1.165) is 16.9 Å². The van der Waals surface area contributed by atoms with Crippen molar-refractivity contribution in [1.82, 2.24) is 4.98 Å². The molecule has 0 aliphatic heterocycles. The van der Waals surface area contributed by atoms with E-state index in [9.17, 15) is 5.21 Å². The molecule has 0 bridgehead atoms. The van der Waals surface area contributed by atoms with Gasteiger partial charge in [0.05, 0.1) is 0 Å². The maximum Gasteiger partial charge on any atom is 0.195 e. The lowest BCUT2D eigenvalue weighted by atomic mass is 10.0. The first-order chi connectivity index (χ1) is 10.2. The fraction of sp³-hybridized carbons (Fsp3) is 0.667. The van der Waals surface area contributed by atoms with Gasteiger partial charge in [0, 0.05) is 12.1 Å². The highest BCUT2D eigenvalue weighted by Gasteiger charge is 2.05. The van der Waals surface area contributed by atoms with Crippen LogP contribution in [0.4, 0.5) is 0 Å². The summed E-state index contributed by atoms with van der Waals surface area (Å²) < 4.78 is 1.02. The number of hydrogen-bond donors (Lipinski definition) is 0. The molecule has 0 aromatic carbocycles. The molecule has 0 saturated carbocycles. The molecule has 0 fully saturated rings. The van der Waals surface area contributed by atoms with Gasteiger partial charge in [-0.25, -0.2) is 4.74 Å². The van der Waals surface area contributed by atoms with Crippen LogP contribution >= 0.6 is 0 Å². The summed E-state index contributed by atoms with van der Waals surface area (Å²) in [6.45, 7) is 4.72. The second kappa shape index (κ2) is 11.3. The Balaban J connectivity index is 2.14. The Morgan fingerprint density at radius 3 is 2.52 bits per heavy atom. The zero-order valence-electron chi connectivity index (χ0n) is 13.6. The fourth-order valence-electron chi connectivity index (χ4n) is 2.49. The summed E-state index contributed by atoms with van der Waals surface area (Å²) in [6, 6.07) is 5.67. The van der Waals surface area contributed by atoms with Crippen LogP contribution in [0.25, 0.3) is 0 Å². The lowest BCUT2D eigenvalue weighted by molar-refractivity contribution is -0.473. The van der Waals surface area contributed by atoms with Gasteiger partial charge in [0.2, 0.25) is 0 Å². The number of hydrogen-bond acceptors (Lipinski definition) is 2. The molecule has 0 amide bonds. The topological polar surface area (TPSA) is 39.0 Å². The fourth-order valence-corrected chi connectivity index (χ4v) is 2.49. The van der Waals surface area contributed by atoms with Crippen molar-refractivity contribution < 1.29 is 4.74 Å². The highest BCUT2D eigenvalue weighted by atomic mass is 16.5. The number of pyridine rings is 1. The van der Waals surface area contributed by atoms with Crippen LogP contribution in [0, 0.1) is 11.1 Å². The van der Waals surface area contributed by atoms with Gasteiger partial charge in [0.15, 0.2) is 12.8 Å². The van der Waals surface area contributed by atoms with Crippen molar-refractivity contribution in [1.29, 1.82) is 0 Å². The van der Waals surface area contributed by atoms with Crippen LogP contribution in [-0.2, 0) is 6.54 Å². The molecular weight excluding hydrogens is 260 g/mol. The smallest absolute Gasteiger partial charge is 0.195 e. The molecule has 0 radical (unpaired) electrons. The molecule has 1 aromatic rings. The molecule has 1 aromatic heterocycles. The van der Waals surface area contributed by atoms with Crippen LogP contribution < -0.4 is 0 Å². The third-order valence-electron chi connectivity index (χ3n) is 3.73. The van der Waals surface area contributed by atoms with Crippen molar-refractivity contribution in [3.8, 4) is 0 Å². The molecular formula is C18H30N2O. The van der Waals surface area contributed by atoms with Gasteiger partial charge in [-0.3, -0.25) is 4.98 Å². The van der Waals surface area contributed by atoms with Gasteiger partial charge in [0.1, 0.15) is 5.69 Å². The van der Waals surface area contributed by atoms with Crippen LogP contribution in [0.5, 0.6) is 0 Å². The summed E-state index contributed by atoms with van der Waals surface area (Å²) in [7, 11) is 0. The minimum Gasteiger partial charge on any atom is -0.624 e. The second-order valence-corrected chi connectivity index (χ2v) is 5.93. The number of hydroxylamine groups is 1. The van der Waals surface area contributed by atoms with Crippen molar-refractivity contribution in [2.45, 2.75) is 71.8 Å². The van der Waals surface area contributed by atoms with E-state index in [1.165, 1.54) is 44.9 Å². The minimum absolute atomic E-state index is 0.349. The summed E-state index contributed by atoms with van der Waals surface area (Å²) in [5, 5.41) is 11.9. The maximum absolute atomic E-state index is 11.9. The lowest BCUT2D eigenvalue weighted by Crippen LogP contribution is -2.11. The monoisotopic (exact) mass is 290 g/mol. The largest absolute Gasteiger partial charge is 0.624 e. The van der Waals surface area contributed by atoms with Crippen LogP contribution in [0.3, 0.4) is 0 Å². The van der Waals surface area contributed by atoms with E-state index in [-0.39, 0.29) is 0 Å². The molecule has 118 valence electrons. The lowest BCUT2D eigenvalue weighted by Gasteiger charge is -2.08. The minimum atomic E-state index is 0.349. The van der Waals surface area contributed by atoms with Crippen LogP contribution in [0.2, 0.25) is 0 Å². The Kier molecular flexibility index (Phi) is 9.51. The van der Waals surface area contributed by atoms with Crippen molar-refractivity contribution in [2.24, 2.45) is 5.92 Å². The molecule has 0 aliphatic rings. The van der Waals surface area contributed by atoms with E-state index in [1.807, 2.05) is 18.2 Å². The predicted molar refractivity (Wildman–Crippen MR) is 89.4 cm³/mol. The van der Waals surface area contributed by atoms with Crippen LogP contribution in [-0.4, -0.2) is 15.9 Å². The van der Waals surface area contributed by atoms with Gasteiger partial charge in [0.25, 0.3) is 0 Å². The van der Waals surface area contributed by atoms with Crippen LogP contribution in [0.15, 0.2) is 24.4 Å². The molecule has 1 heterocycles. The summed E-state index contributed by atoms with van der Waals surface area (Å²) in [6.07, 6.45) is 13.9. The zero-order valence-corrected chi connectivity index (χ0v) is 13.6. The van der Waals surface area contributed by atoms with Gasteiger partial charge in [-0.15, -0.1) is 0 Å². The zero-order chi connectivity index (χ0) is 15.3. The van der Waals surface area contributed by atoms with E-state index >= 15 is 0 Å². The molecule has 1 atom stereocenters. The SMILES string of the molecule is CCCCCCCCCC(C)C=[N+]([O-])Cc1ccccn1. The normalized spacial score (nSPS) is 13.3. The van der Waals surface area contributed by atoms with Gasteiger partial charge < -0.3 is 5.21 Å². The maximum atomic E-state index is 11.9. The molecule has 21 heavy (non-hydrogen) atoms. The average Bonchev–Trinajstić information content (AvgIpc) is 2.47. The number of unbranched alkanes of at least 4 members (excludes halogenated alkanes) is 6. The van der Waals surface area contributed by atoms with Crippen molar-refractivity contribution in [2.75, 3.05) is 0 Å². The van der Waals surface area contributed by atoms with E-state index in [4.69, 9.17) is 0 Å². The van der Waals surface area contributed by atoms with Gasteiger partial charge in [-0.1, -0.05) is 64.9 Å². The van der Waals surface area contributed by atoms with Crippen molar-refractivity contribution in [3.63, 3.8) is 0 Å². The Morgan fingerprint density at radius 1 is 1.14 bits per heavy atom. The predicted octanol–water partition coefficient (Wildman–Crippen LogP) is 4.94. The molecule has 1 unspecified atom stereocenters.